The third-order valence-electron chi connectivity index (χ3n) is 3.59. The van der Waals surface area contributed by atoms with Crippen LogP contribution < -0.4 is 4.74 Å². The summed E-state index contributed by atoms with van der Waals surface area (Å²) in [4.78, 5) is 0. The van der Waals surface area contributed by atoms with Crippen molar-refractivity contribution in [3.63, 3.8) is 0 Å². The number of aryl methyl sites for hydroxylation is 2. The molecule has 1 unspecified atom stereocenters. The molecule has 0 N–H and O–H groups in total. The van der Waals surface area contributed by atoms with Crippen LogP contribution in [-0.2, 0) is 0 Å². The minimum Gasteiger partial charge on any atom is -0.493 e. The maximum Gasteiger partial charge on any atom is 0.133 e. The summed E-state index contributed by atoms with van der Waals surface area (Å²) < 4.78 is 5.79. The third-order valence-corrected chi connectivity index (χ3v) is 4.16. The molecule has 0 fully saturated rings. The summed E-state index contributed by atoms with van der Waals surface area (Å²) in [5, 5.41) is 10.8. The fourth-order valence-corrected chi connectivity index (χ4v) is 2.94. The number of hydrogen-bond acceptors (Lipinski definition) is 3. The number of ether oxygens (including phenoxy) is 1. The molecule has 2 nitrogen and oxygen atoms in total. The number of thiocyanates is 1. The van der Waals surface area contributed by atoms with Gasteiger partial charge < -0.3 is 4.74 Å². The average Bonchev–Trinajstić information content (AvgIpc) is 2.44. The molecule has 20 heavy (non-hydrogen) atoms. The second kappa shape index (κ2) is 8.92. The van der Waals surface area contributed by atoms with E-state index in [0.717, 1.165) is 37.4 Å². The van der Waals surface area contributed by atoms with Crippen molar-refractivity contribution >= 4 is 11.8 Å². The van der Waals surface area contributed by atoms with Gasteiger partial charge in [0.15, 0.2) is 0 Å². The molecular weight excluding hydrogens is 266 g/mol. The normalized spacial score (nSPS) is 11.9. The molecule has 0 heterocycles. The molecule has 0 bridgehead atoms. The quantitative estimate of drug-likeness (QED) is 0.488. The molecule has 0 saturated heterocycles. The molecule has 0 aromatic heterocycles. The zero-order chi connectivity index (χ0) is 15.0. The lowest BCUT2D eigenvalue weighted by Crippen LogP contribution is -2.04. The summed E-state index contributed by atoms with van der Waals surface area (Å²) in [6.45, 7) is 9.39. The first-order valence-electron chi connectivity index (χ1n) is 7.38. The van der Waals surface area contributed by atoms with Crippen LogP contribution in [0.3, 0.4) is 0 Å². The highest BCUT2D eigenvalue weighted by molar-refractivity contribution is 8.03. The summed E-state index contributed by atoms with van der Waals surface area (Å²) in [5.74, 6) is 2.45. The molecule has 0 aliphatic heterocycles. The second-order valence-electron chi connectivity index (χ2n) is 5.16. The van der Waals surface area contributed by atoms with E-state index in [1.54, 1.807) is 0 Å². The van der Waals surface area contributed by atoms with Gasteiger partial charge in [-0.15, -0.1) is 0 Å². The fourth-order valence-electron chi connectivity index (χ4n) is 2.45. The Bertz CT molecular complexity index is 465. The summed E-state index contributed by atoms with van der Waals surface area (Å²) >= 11 is 1.35. The van der Waals surface area contributed by atoms with Gasteiger partial charge in [-0.1, -0.05) is 19.9 Å². The molecule has 0 saturated carbocycles. The van der Waals surface area contributed by atoms with E-state index in [9.17, 15) is 0 Å². The summed E-state index contributed by atoms with van der Waals surface area (Å²) in [6, 6.07) is 4.44. The van der Waals surface area contributed by atoms with Crippen LogP contribution in [0.25, 0.3) is 0 Å². The molecule has 0 aliphatic rings. The first-order valence-corrected chi connectivity index (χ1v) is 8.37. The Morgan fingerprint density at radius 1 is 1.25 bits per heavy atom. The van der Waals surface area contributed by atoms with Gasteiger partial charge >= 0.3 is 0 Å². The van der Waals surface area contributed by atoms with Crippen LogP contribution in [0.15, 0.2) is 12.1 Å². The van der Waals surface area contributed by atoms with Crippen LogP contribution in [0.2, 0.25) is 0 Å². The lowest BCUT2D eigenvalue weighted by molar-refractivity contribution is 0.315. The van der Waals surface area contributed by atoms with Gasteiger partial charge in [-0.25, -0.2) is 0 Å². The molecule has 3 heteroatoms. The largest absolute Gasteiger partial charge is 0.493 e. The highest BCUT2D eigenvalue weighted by atomic mass is 32.2. The van der Waals surface area contributed by atoms with Gasteiger partial charge in [0.2, 0.25) is 0 Å². The predicted octanol–water partition coefficient (Wildman–Crippen LogP) is 5.19. The van der Waals surface area contributed by atoms with Crippen molar-refractivity contribution in [1.82, 2.24) is 0 Å². The Hall–Kier alpha value is -1.14. The smallest absolute Gasteiger partial charge is 0.133 e. The zero-order valence-electron chi connectivity index (χ0n) is 13.0. The van der Waals surface area contributed by atoms with E-state index in [1.807, 2.05) is 0 Å². The van der Waals surface area contributed by atoms with E-state index >= 15 is 0 Å². The van der Waals surface area contributed by atoms with Crippen LogP contribution in [0, 0.1) is 24.5 Å². The van der Waals surface area contributed by atoms with Gasteiger partial charge in [-0.05, 0) is 73.5 Å². The van der Waals surface area contributed by atoms with Gasteiger partial charge in [-0.3, -0.25) is 0 Å². The summed E-state index contributed by atoms with van der Waals surface area (Å²) in [7, 11) is 0. The predicted molar refractivity (Wildman–Crippen MR) is 87.4 cm³/mol. The van der Waals surface area contributed by atoms with Crippen molar-refractivity contribution in [2.75, 3.05) is 12.4 Å². The Morgan fingerprint density at radius 3 is 2.60 bits per heavy atom. The van der Waals surface area contributed by atoms with E-state index in [0.29, 0.717) is 5.92 Å². The van der Waals surface area contributed by atoms with Crippen LogP contribution in [0.5, 0.6) is 5.75 Å². The Kier molecular flexibility index (Phi) is 7.54. The number of benzene rings is 1. The molecule has 0 radical (unpaired) electrons. The van der Waals surface area contributed by atoms with Crippen LogP contribution in [0.4, 0.5) is 0 Å². The number of nitriles is 1. The zero-order valence-corrected chi connectivity index (χ0v) is 13.8. The van der Waals surface area contributed by atoms with E-state index < -0.39 is 0 Å². The monoisotopic (exact) mass is 291 g/mol. The standard InChI is InChI=1S/C17H25NOS/c1-5-8-19-17-11-13(3)16(10-14(17)4)15(6-2)7-9-20-12-18/h10-11,15H,5-9H2,1-4H3. The van der Waals surface area contributed by atoms with E-state index in [2.05, 4.69) is 45.2 Å². The lowest BCUT2D eigenvalue weighted by Gasteiger charge is -2.20. The number of hydrogen-bond donors (Lipinski definition) is 0. The summed E-state index contributed by atoms with van der Waals surface area (Å²) in [6.07, 6.45) is 3.20. The van der Waals surface area contributed by atoms with Gasteiger partial charge in [0.05, 0.1) is 6.61 Å². The maximum atomic E-state index is 8.64. The van der Waals surface area contributed by atoms with Gasteiger partial charge in [0.1, 0.15) is 11.2 Å². The first kappa shape index (κ1) is 16.9. The lowest BCUT2D eigenvalue weighted by atomic mass is 9.89. The Balaban J connectivity index is 2.88. The van der Waals surface area contributed by atoms with Gasteiger partial charge in [0, 0.05) is 5.75 Å². The molecule has 1 atom stereocenters. The molecule has 0 amide bonds. The average molecular weight is 291 g/mol. The molecular formula is C17H25NOS. The van der Waals surface area contributed by atoms with Crippen LogP contribution >= 0.6 is 11.8 Å². The number of nitrogens with zero attached hydrogens (tertiary/aromatic N) is 1. The third kappa shape index (κ3) is 4.76. The van der Waals surface area contributed by atoms with Crippen molar-refractivity contribution in [2.45, 2.75) is 52.9 Å². The molecule has 110 valence electrons. The topological polar surface area (TPSA) is 33.0 Å². The van der Waals surface area contributed by atoms with E-state index in [1.165, 1.54) is 28.5 Å². The molecule has 1 aromatic rings. The van der Waals surface area contributed by atoms with Crippen molar-refractivity contribution < 1.29 is 4.74 Å². The second-order valence-corrected chi connectivity index (χ2v) is 6.04. The van der Waals surface area contributed by atoms with Gasteiger partial charge in [-0.2, -0.15) is 5.26 Å². The molecule has 1 rings (SSSR count). The Labute approximate surface area is 127 Å². The number of thioether (sulfide) groups is 1. The highest BCUT2D eigenvalue weighted by Crippen LogP contribution is 2.32. The van der Waals surface area contributed by atoms with Gasteiger partial charge in [0.25, 0.3) is 0 Å². The maximum absolute atomic E-state index is 8.64. The first-order chi connectivity index (χ1) is 9.63. The number of rotatable bonds is 8. The Morgan fingerprint density at radius 2 is 2.00 bits per heavy atom. The molecule has 0 aliphatic carbocycles. The summed E-state index contributed by atoms with van der Waals surface area (Å²) in [5.41, 5.74) is 3.92. The van der Waals surface area contributed by atoms with E-state index in [4.69, 9.17) is 10.00 Å². The molecule has 0 spiro atoms. The van der Waals surface area contributed by atoms with E-state index in [-0.39, 0.29) is 0 Å². The van der Waals surface area contributed by atoms with Crippen LogP contribution in [0.1, 0.15) is 55.7 Å². The van der Waals surface area contributed by atoms with Crippen molar-refractivity contribution in [3.05, 3.63) is 28.8 Å². The molecule has 1 aromatic carbocycles. The highest BCUT2D eigenvalue weighted by Gasteiger charge is 2.14. The van der Waals surface area contributed by atoms with Crippen LogP contribution in [-0.4, -0.2) is 12.4 Å². The minimum atomic E-state index is 0.537. The van der Waals surface area contributed by atoms with Crippen molar-refractivity contribution in [1.29, 1.82) is 5.26 Å². The SMILES string of the molecule is CCCOc1cc(C)c(C(CC)CCSC#N)cc1C. The van der Waals surface area contributed by atoms with Crippen molar-refractivity contribution in [3.8, 4) is 11.2 Å². The van der Waals surface area contributed by atoms with Crippen molar-refractivity contribution in [2.24, 2.45) is 0 Å². The minimum absolute atomic E-state index is 0.537. The fraction of sp³-hybridized carbons (Fsp3) is 0.588.